The van der Waals surface area contributed by atoms with E-state index in [9.17, 15) is 19.5 Å². The van der Waals surface area contributed by atoms with Gasteiger partial charge in [0.2, 0.25) is 0 Å². The third-order valence-electron chi connectivity index (χ3n) is 8.01. The van der Waals surface area contributed by atoms with E-state index in [1.165, 1.54) is 18.2 Å². The van der Waals surface area contributed by atoms with Crippen LogP contribution >= 0.6 is 0 Å². The van der Waals surface area contributed by atoms with Crippen LogP contribution in [0.2, 0.25) is 0 Å². The number of esters is 1. The standard InChI is InChI=1S/C36H37N3O5/c1-44-36(43)33(40)31(24-26-12-5-2-6-13-26)37-34(41)29-18-11-19-30(25-29)35(42)39-22-20-38(21-23-39)32(27-14-7-3-8-15-27)28-16-9-4-10-17-28/h2-19,25,31-33,40H,20-24H2,1H3,(H,37,41)/t31-,33+/m0/s1. The molecule has 1 fully saturated rings. The van der Waals surface area contributed by atoms with E-state index in [0.717, 1.165) is 5.56 Å². The van der Waals surface area contributed by atoms with E-state index >= 15 is 0 Å². The second-order valence-corrected chi connectivity index (χ2v) is 10.9. The molecular formula is C36H37N3O5. The van der Waals surface area contributed by atoms with Crippen LogP contribution in [0.25, 0.3) is 0 Å². The van der Waals surface area contributed by atoms with Crippen molar-refractivity contribution in [3.63, 3.8) is 0 Å². The second kappa shape index (κ2) is 14.6. The Balaban J connectivity index is 1.26. The van der Waals surface area contributed by atoms with Crippen molar-refractivity contribution in [1.82, 2.24) is 15.1 Å². The van der Waals surface area contributed by atoms with Crippen LogP contribution in [0, 0.1) is 0 Å². The highest BCUT2D eigenvalue weighted by molar-refractivity contribution is 6.00. The summed E-state index contributed by atoms with van der Waals surface area (Å²) in [6, 6.07) is 35.7. The first-order valence-corrected chi connectivity index (χ1v) is 14.8. The molecule has 8 heteroatoms. The Morgan fingerprint density at radius 1 is 0.750 bits per heavy atom. The van der Waals surface area contributed by atoms with Gasteiger partial charge in [-0.05, 0) is 41.3 Å². The first-order chi connectivity index (χ1) is 21.4. The van der Waals surface area contributed by atoms with Gasteiger partial charge in [-0.25, -0.2) is 4.79 Å². The van der Waals surface area contributed by atoms with E-state index in [0.29, 0.717) is 31.7 Å². The minimum absolute atomic E-state index is 0.0887. The molecule has 2 amide bonds. The summed E-state index contributed by atoms with van der Waals surface area (Å²) in [5, 5.41) is 13.4. The topological polar surface area (TPSA) is 99.2 Å². The molecule has 0 unspecified atom stereocenters. The summed E-state index contributed by atoms with van der Waals surface area (Å²) in [5.74, 6) is -1.48. The number of aliphatic hydroxyl groups is 1. The van der Waals surface area contributed by atoms with Crippen molar-refractivity contribution in [2.24, 2.45) is 0 Å². The number of nitrogens with one attached hydrogen (secondary N) is 1. The van der Waals surface area contributed by atoms with E-state index < -0.39 is 24.0 Å². The SMILES string of the molecule is COC(=O)[C@H](O)[C@H](Cc1ccccc1)NC(=O)c1cccc(C(=O)N2CCN(C(c3ccccc3)c3ccccc3)CC2)c1. The first-order valence-electron chi connectivity index (χ1n) is 14.8. The quantitative estimate of drug-likeness (QED) is 0.270. The lowest BCUT2D eigenvalue weighted by atomic mass is 9.96. The average molecular weight is 592 g/mol. The van der Waals surface area contributed by atoms with E-state index in [-0.39, 0.29) is 23.9 Å². The lowest BCUT2D eigenvalue weighted by Gasteiger charge is -2.39. The number of methoxy groups -OCH3 is 1. The molecule has 5 rings (SSSR count). The zero-order valence-corrected chi connectivity index (χ0v) is 24.7. The van der Waals surface area contributed by atoms with Crippen molar-refractivity contribution >= 4 is 17.8 Å². The number of hydrogen-bond donors (Lipinski definition) is 2. The molecule has 0 radical (unpaired) electrons. The smallest absolute Gasteiger partial charge is 0.336 e. The van der Waals surface area contributed by atoms with Crippen LogP contribution in [0.3, 0.4) is 0 Å². The summed E-state index contributed by atoms with van der Waals surface area (Å²) in [4.78, 5) is 43.2. The molecule has 2 atom stereocenters. The Labute approximate surface area is 257 Å². The maximum absolute atomic E-state index is 13.6. The van der Waals surface area contributed by atoms with Gasteiger partial charge in [0.15, 0.2) is 6.10 Å². The molecule has 8 nitrogen and oxygen atoms in total. The van der Waals surface area contributed by atoms with Crippen LogP contribution in [0.15, 0.2) is 115 Å². The number of benzene rings is 4. The van der Waals surface area contributed by atoms with Crippen molar-refractivity contribution in [3.05, 3.63) is 143 Å². The highest BCUT2D eigenvalue weighted by atomic mass is 16.5. The number of carbonyl (C=O) groups is 3. The Morgan fingerprint density at radius 3 is 1.86 bits per heavy atom. The van der Waals surface area contributed by atoms with Crippen LogP contribution in [-0.2, 0) is 16.0 Å². The zero-order valence-electron chi connectivity index (χ0n) is 24.7. The largest absolute Gasteiger partial charge is 0.467 e. The molecule has 1 aliphatic heterocycles. The molecular weight excluding hydrogens is 554 g/mol. The predicted octanol–water partition coefficient (Wildman–Crippen LogP) is 4.11. The lowest BCUT2D eigenvalue weighted by molar-refractivity contribution is -0.151. The van der Waals surface area contributed by atoms with Crippen molar-refractivity contribution in [3.8, 4) is 0 Å². The normalized spacial score (nSPS) is 14.9. The fourth-order valence-electron chi connectivity index (χ4n) is 5.69. The molecule has 44 heavy (non-hydrogen) atoms. The highest BCUT2D eigenvalue weighted by Crippen LogP contribution is 2.29. The molecule has 0 spiro atoms. The van der Waals surface area contributed by atoms with Gasteiger partial charge in [0.1, 0.15) is 0 Å². The summed E-state index contributed by atoms with van der Waals surface area (Å²) in [6.45, 7) is 2.51. The third-order valence-corrected chi connectivity index (χ3v) is 8.01. The maximum Gasteiger partial charge on any atom is 0.336 e. The molecule has 1 heterocycles. The monoisotopic (exact) mass is 591 g/mol. The van der Waals surface area contributed by atoms with E-state index in [1.54, 1.807) is 24.3 Å². The number of rotatable bonds is 10. The molecule has 1 saturated heterocycles. The van der Waals surface area contributed by atoms with Gasteiger partial charge >= 0.3 is 5.97 Å². The Kier molecular flexibility index (Phi) is 10.2. The van der Waals surface area contributed by atoms with E-state index in [4.69, 9.17) is 4.74 Å². The van der Waals surface area contributed by atoms with Crippen LogP contribution < -0.4 is 5.32 Å². The van der Waals surface area contributed by atoms with Crippen molar-refractivity contribution in [1.29, 1.82) is 0 Å². The molecule has 2 N–H and O–H groups in total. The number of nitrogens with zero attached hydrogens (tertiary/aromatic N) is 2. The first kappa shape index (κ1) is 30.7. The van der Waals surface area contributed by atoms with Gasteiger partial charge in [-0.15, -0.1) is 0 Å². The van der Waals surface area contributed by atoms with Crippen LogP contribution in [0.1, 0.15) is 43.4 Å². The number of piperazine rings is 1. The van der Waals surface area contributed by atoms with Gasteiger partial charge in [-0.1, -0.05) is 97.1 Å². The van der Waals surface area contributed by atoms with Crippen molar-refractivity contribution in [2.45, 2.75) is 24.6 Å². The van der Waals surface area contributed by atoms with E-state index in [2.05, 4.69) is 34.5 Å². The van der Waals surface area contributed by atoms with Gasteiger partial charge in [-0.2, -0.15) is 0 Å². The fraction of sp³-hybridized carbons (Fsp3) is 0.250. The van der Waals surface area contributed by atoms with Gasteiger partial charge in [-0.3, -0.25) is 14.5 Å². The third kappa shape index (κ3) is 7.40. The van der Waals surface area contributed by atoms with Gasteiger partial charge < -0.3 is 20.1 Å². The summed E-state index contributed by atoms with van der Waals surface area (Å²) in [5.41, 5.74) is 3.92. The van der Waals surface area contributed by atoms with E-state index in [1.807, 2.05) is 71.6 Å². The summed E-state index contributed by atoms with van der Waals surface area (Å²) in [7, 11) is 1.19. The second-order valence-electron chi connectivity index (χ2n) is 10.9. The van der Waals surface area contributed by atoms with Gasteiger partial charge in [0, 0.05) is 37.3 Å². The molecule has 0 aliphatic carbocycles. The summed E-state index contributed by atoms with van der Waals surface area (Å²) in [6.07, 6.45) is -1.33. The Bertz CT molecular complexity index is 1500. The van der Waals surface area contributed by atoms with Crippen LogP contribution in [0.5, 0.6) is 0 Å². The average Bonchev–Trinajstić information content (AvgIpc) is 3.09. The Morgan fingerprint density at radius 2 is 1.30 bits per heavy atom. The number of hydrogen-bond acceptors (Lipinski definition) is 6. The number of aliphatic hydroxyl groups excluding tert-OH is 1. The van der Waals surface area contributed by atoms with Gasteiger partial charge in [0.05, 0.1) is 19.2 Å². The van der Waals surface area contributed by atoms with Gasteiger partial charge in [0.25, 0.3) is 11.8 Å². The van der Waals surface area contributed by atoms with Crippen LogP contribution in [-0.4, -0.2) is 78.1 Å². The molecule has 0 bridgehead atoms. The maximum atomic E-state index is 13.6. The van der Waals surface area contributed by atoms with Crippen molar-refractivity contribution in [2.75, 3.05) is 33.3 Å². The minimum Gasteiger partial charge on any atom is -0.467 e. The lowest BCUT2D eigenvalue weighted by Crippen LogP contribution is -2.50. The molecule has 4 aromatic carbocycles. The van der Waals surface area contributed by atoms with Crippen LogP contribution in [0.4, 0.5) is 0 Å². The highest BCUT2D eigenvalue weighted by Gasteiger charge is 2.31. The zero-order chi connectivity index (χ0) is 30.9. The predicted molar refractivity (Wildman–Crippen MR) is 168 cm³/mol. The number of carbonyl (C=O) groups excluding carboxylic acids is 3. The summed E-state index contributed by atoms with van der Waals surface area (Å²) < 4.78 is 4.71. The molecule has 226 valence electrons. The van der Waals surface area contributed by atoms with Crippen molar-refractivity contribution < 1.29 is 24.2 Å². The molecule has 0 aromatic heterocycles. The molecule has 0 saturated carbocycles. The molecule has 4 aromatic rings. The number of ether oxygens (including phenoxy) is 1. The fourth-order valence-corrected chi connectivity index (χ4v) is 5.69. The molecule has 1 aliphatic rings. The Hall–Kier alpha value is -4.79. The number of amides is 2. The summed E-state index contributed by atoms with van der Waals surface area (Å²) >= 11 is 0. The minimum atomic E-state index is -1.55.